The molecule has 0 aliphatic carbocycles. The summed E-state index contributed by atoms with van der Waals surface area (Å²) in [5, 5.41) is 9.10. The summed E-state index contributed by atoms with van der Waals surface area (Å²) in [7, 11) is 1.55. The van der Waals surface area contributed by atoms with Crippen molar-refractivity contribution in [1.82, 2.24) is 0 Å². The molecule has 0 saturated carbocycles. The number of aliphatic hydroxyl groups is 1. The lowest BCUT2D eigenvalue weighted by Gasteiger charge is -2.10. The van der Waals surface area contributed by atoms with Crippen LogP contribution in [0, 0.1) is 0 Å². The molecule has 1 N–H and O–H groups in total. The van der Waals surface area contributed by atoms with Gasteiger partial charge in [-0.05, 0) is 13.3 Å². The molecule has 0 aromatic heterocycles. The quantitative estimate of drug-likeness (QED) is 0.720. The van der Waals surface area contributed by atoms with Crippen molar-refractivity contribution in [3.63, 3.8) is 0 Å². The zero-order valence-corrected chi connectivity index (χ0v) is 8.10. The van der Waals surface area contributed by atoms with Crippen molar-refractivity contribution < 1.29 is 9.84 Å². The molecule has 0 heterocycles. The van der Waals surface area contributed by atoms with Crippen LogP contribution in [0.5, 0.6) is 0 Å². The maximum absolute atomic E-state index is 9.10. The normalized spacial score (nSPS) is 16.1. The van der Waals surface area contributed by atoms with E-state index in [9.17, 15) is 0 Å². The molecule has 0 saturated heterocycles. The number of hydrogen-bond acceptors (Lipinski definition) is 2. The van der Waals surface area contributed by atoms with Crippen LogP contribution in [0.4, 0.5) is 0 Å². The van der Waals surface area contributed by atoms with E-state index in [1.54, 1.807) is 14.0 Å². The molecule has 0 aliphatic rings. The number of ether oxygens (including phenoxy) is 1. The molecule has 0 aromatic rings. The first-order valence-electron chi connectivity index (χ1n) is 3.24. The van der Waals surface area contributed by atoms with E-state index in [0.29, 0.717) is 5.76 Å². The molecule has 0 spiro atoms. The number of allylic oxidation sites excluding steroid dienone is 1. The SMILES string of the molecule is CC/C(Br)=C(/OC)C(C)O. The second-order valence-electron chi connectivity index (χ2n) is 2.00. The van der Waals surface area contributed by atoms with Crippen LogP contribution in [-0.4, -0.2) is 18.3 Å². The van der Waals surface area contributed by atoms with Gasteiger partial charge in [0.25, 0.3) is 0 Å². The van der Waals surface area contributed by atoms with Crippen molar-refractivity contribution in [1.29, 1.82) is 0 Å². The topological polar surface area (TPSA) is 29.5 Å². The van der Waals surface area contributed by atoms with Gasteiger partial charge in [0.05, 0.1) is 7.11 Å². The van der Waals surface area contributed by atoms with Crippen LogP contribution in [0.25, 0.3) is 0 Å². The highest BCUT2D eigenvalue weighted by molar-refractivity contribution is 9.11. The highest BCUT2D eigenvalue weighted by Gasteiger charge is 2.08. The van der Waals surface area contributed by atoms with Crippen LogP contribution in [0.1, 0.15) is 20.3 Å². The van der Waals surface area contributed by atoms with E-state index in [1.165, 1.54) is 0 Å². The van der Waals surface area contributed by atoms with Crippen LogP contribution in [0.15, 0.2) is 10.2 Å². The molecule has 3 heteroatoms. The zero-order chi connectivity index (χ0) is 8.15. The first-order chi connectivity index (χ1) is 4.63. The van der Waals surface area contributed by atoms with Crippen LogP contribution in [-0.2, 0) is 4.74 Å². The lowest BCUT2D eigenvalue weighted by atomic mass is 10.3. The zero-order valence-electron chi connectivity index (χ0n) is 6.52. The lowest BCUT2D eigenvalue weighted by Crippen LogP contribution is -2.07. The Morgan fingerprint density at radius 3 is 2.30 bits per heavy atom. The molecule has 2 nitrogen and oxygen atoms in total. The summed E-state index contributed by atoms with van der Waals surface area (Å²) >= 11 is 3.30. The van der Waals surface area contributed by atoms with E-state index in [2.05, 4.69) is 15.9 Å². The Kier molecular flexibility index (Phi) is 4.73. The molecule has 0 bridgehead atoms. The van der Waals surface area contributed by atoms with Gasteiger partial charge < -0.3 is 9.84 Å². The van der Waals surface area contributed by atoms with Gasteiger partial charge in [-0.1, -0.05) is 22.9 Å². The molecule has 0 amide bonds. The fourth-order valence-electron chi connectivity index (χ4n) is 0.682. The monoisotopic (exact) mass is 208 g/mol. The largest absolute Gasteiger partial charge is 0.498 e. The van der Waals surface area contributed by atoms with Gasteiger partial charge in [0.2, 0.25) is 0 Å². The van der Waals surface area contributed by atoms with Gasteiger partial charge in [0, 0.05) is 4.48 Å². The summed E-state index contributed by atoms with van der Waals surface area (Å²) in [4.78, 5) is 0. The number of halogens is 1. The standard InChI is InChI=1S/C7H13BrO2/c1-4-6(8)7(10-3)5(2)9/h5,9H,4H2,1-3H3/b7-6-. The van der Waals surface area contributed by atoms with Crippen LogP contribution in [0.2, 0.25) is 0 Å². The van der Waals surface area contributed by atoms with E-state index >= 15 is 0 Å². The van der Waals surface area contributed by atoms with E-state index in [1.807, 2.05) is 6.92 Å². The summed E-state index contributed by atoms with van der Waals surface area (Å²) in [6.45, 7) is 3.67. The van der Waals surface area contributed by atoms with Crippen LogP contribution in [0.3, 0.4) is 0 Å². The molecule has 60 valence electrons. The average molecular weight is 209 g/mol. The highest BCUT2D eigenvalue weighted by atomic mass is 79.9. The minimum atomic E-state index is -0.528. The minimum absolute atomic E-state index is 0.528. The van der Waals surface area contributed by atoms with E-state index in [4.69, 9.17) is 9.84 Å². The first kappa shape index (κ1) is 9.98. The molecular weight excluding hydrogens is 196 g/mol. The third-order valence-electron chi connectivity index (χ3n) is 1.18. The second kappa shape index (κ2) is 4.74. The Hall–Kier alpha value is -0.0200. The highest BCUT2D eigenvalue weighted by Crippen LogP contribution is 2.18. The van der Waals surface area contributed by atoms with Gasteiger partial charge in [-0.15, -0.1) is 0 Å². The van der Waals surface area contributed by atoms with Gasteiger partial charge >= 0.3 is 0 Å². The molecular formula is C7H13BrO2. The Labute approximate surface area is 70.0 Å². The number of methoxy groups -OCH3 is 1. The van der Waals surface area contributed by atoms with E-state index in [-0.39, 0.29) is 0 Å². The lowest BCUT2D eigenvalue weighted by molar-refractivity contribution is 0.140. The van der Waals surface area contributed by atoms with Crippen LogP contribution < -0.4 is 0 Å². The maximum atomic E-state index is 9.10. The Morgan fingerprint density at radius 1 is 1.70 bits per heavy atom. The Bertz CT molecular complexity index is 130. The predicted octanol–water partition coefficient (Wildman–Crippen LogP) is 2.03. The molecule has 1 atom stereocenters. The molecule has 0 radical (unpaired) electrons. The summed E-state index contributed by atoms with van der Waals surface area (Å²) in [6.07, 6.45) is 0.313. The molecule has 10 heavy (non-hydrogen) atoms. The third kappa shape index (κ3) is 2.71. The fourth-order valence-corrected chi connectivity index (χ4v) is 1.18. The number of aliphatic hydroxyl groups excluding tert-OH is 1. The van der Waals surface area contributed by atoms with Gasteiger partial charge in [-0.3, -0.25) is 0 Å². The third-order valence-corrected chi connectivity index (χ3v) is 2.13. The Balaban J connectivity index is 4.29. The summed E-state index contributed by atoms with van der Waals surface area (Å²) in [6, 6.07) is 0. The predicted molar refractivity (Wildman–Crippen MR) is 44.9 cm³/mol. The maximum Gasteiger partial charge on any atom is 0.134 e. The van der Waals surface area contributed by atoms with Crippen molar-refractivity contribution in [3.8, 4) is 0 Å². The molecule has 0 fully saturated rings. The summed E-state index contributed by atoms with van der Waals surface area (Å²) < 4.78 is 5.87. The van der Waals surface area contributed by atoms with Crippen LogP contribution >= 0.6 is 15.9 Å². The second-order valence-corrected chi connectivity index (χ2v) is 2.96. The molecule has 1 unspecified atom stereocenters. The average Bonchev–Trinajstić information content (AvgIpc) is 1.88. The van der Waals surface area contributed by atoms with E-state index in [0.717, 1.165) is 10.9 Å². The number of hydrogen-bond donors (Lipinski definition) is 1. The van der Waals surface area contributed by atoms with Gasteiger partial charge in [-0.2, -0.15) is 0 Å². The molecule has 0 aliphatic heterocycles. The van der Waals surface area contributed by atoms with Crippen molar-refractivity contribution in [2.45, 2.75) is 26.4 Å². The number of rotatable bonds is 3. The van der Waals surface area contributed by atoms with Gasteiger partial charge in [0.15, 0.2) is 0 Å². The molecule has 0 aromatic carbocycles. The Morgan fingerprint density at radius 2 is 2.20 bits per heavy atom. The smallest absolute Gasteiger partial charge is 0.134 e. The van der Waals surface area contributed by atoms with Gasteiger partial charge in [-0.25, -0.2) is 0 Å². The first-order valence-corrected chi connectivity index (χ1v) is 4.03. The van der Waals surface area contributed by atoms with Crippen molar-refractivity contribution in [3.05, 3.63) is 10.2 Å². The van der Waals surface area contributed by atoms with Crippen molar-refractivity contribution >= 4 is 15.9 Å². The summed E-state index contributed by atoms with van der Waals surface area (Å²) in [5.74, 6) is 0.613. The van der Waals surface area contributed by atoms with Crippen molar-refractivity contribution in [2.75, 3.05) is 7.11 Å². The molecule has 0 rings (SSSR count). The van der Waals surface area contributed by atoms with Crippen molar-refractivity contribution in [2.24, 2.45) is 0 Å². The minimum Gasteiger partial charge on any atom is -0.498 e. The summed E-state index contributed by atoms with van der Waals surface area (Å²) in [5.41, 5.74) is 0. The fraction of sp³-hybridized carbons (Fsp3) is 0.714. The van der Waals surface area contributed by atoms with E-state index < -0.39 is 6.10 Å². The van der Waals surface area contributed by atoms with Gasteiger partial charge in [0.1, 0.15) is 11.9 Å².